The number of benzene rings is 1. The van der Waals surface area contributed by atoms with Crippen LogP contribution in [0.2, 0.25) is 0 Å². The van der Waals surface area contributed by atoms with Gasteiger partial charge in [0.15, 0.2) is 5.78 Å². The lowest BCUT2D eigenvalue weighted by molar-refractivity contribution is -0.126. The van der Waals surface area contributed by atoms with Gasteiger partial charge in [0, 0.05) is 0 Å². The Hall–Kier alpha value is -1.56. The van der Waals surface area contributed by atoms with Gasteiger partial charge >= 0.3 is 0 Å². The summed E-state index contributed by atoms with van der Waals surface area (Å²) in [6.45, 7) is 5.23. The second-order valence-corrected chi connectivity index (χ2v) is 6.91. The molecule has 1 aromatic carbocycles. The van der Waals surface area contributed by atoms with Crippen LogP contribution in [-0.4, -0.2) is 34.9 Å². The van der Waals surface area contributed by atoms with E-state index >= 15 is 0 Å². The smallest absolute Gasteiger partial charge is 0.228 e. The minimum Gasteiger partial charge on any atom is -0.393 e. The van der Waals surface area contributed by atoms with Crippen LogP contribution in [0.1, 0.15) is 39.2 Å². The van der Waals surface area contributed by atoms with E-state index in [0.717, 1.165) is 5.56 Å². The zero-order chi connectivity index (χ0) is 18.3. The highest BCUT2D eigenvalue weighted by molar-refractivity contribution is 6.06. The van der Waals surface area contributed by atoms with Gasteiger partial charge in [-0.25, -0.2) is 0 Å². The molecule has 5 N–H and O–H groups in total. The van der Waals surface area contributed by atoms with Crippen LogP contribution >= 0.6 is 0 Å². The number of rotatable bonds is 10. The van der Waals surface area contributed by atoms with Crippen LogP contribution in [0.3, 0.4) is 0 Å². The number of ketones is 1. The lowest BCUT2D eigenvalue weighted by atomic mass is 9.73. The summed E-state index contributed by atoms with van der Waals surface area (Å²) in [5, 5.41) is 9.78. The molecule has 5 heteroatoms. The van der Waals surface area contributed by atoms with Crippen LogP contribution in [0.4, 0.5) is 0 Å². The Labute approximate surface area is 144 Å². The van der Waals surface area contributed by atoms with E-state index in [1.807, 2.05) is 30.3 Å². The molecule has 3 unspecified atom stereocenters. The molecule has 0 heterocycles. The predicted octanol–water partition coefficient (Wildman–Crippen LogP) is 1.37. The summed E-state index contributed by atoms with van der Waals surface area (Å²) in [6, 6.07) is 8.91. The Bertz CT molecular complexity index is 531. The largest absolute Gasteiger partial charge is 0.393 e. The number of carbonyl (C=O) groups is 1. The first-order chi connectivity index (χ1) is 11.2. The van der Waals surface area contributed by atoms with Gasteiger partial charge in [-0.2, -0.15) is 0 Å². The first-order valence-corrected chi connectivity index (χ1v) is 8.42. The summed E-state index contributed by atoms with van der Waals surface area (Å²) in [6.07, 6.45) is 2.47. The maximum Gasteiger partial charge on any atom is 0.228 e. The number of hydrogen-bond donors (Lipinski definition) is 3. The van der Waals surface area contributed by atoms with Gasteiger partial charge in [-0.3, -0.25) is 9.59 Å². The summed E-state index contributed by atoms with van der Waals surface area (Å²) >= 11 is 0. The summed E-state index contributed by atoms with van der Waals surface area (Å²) in [5.74, 6) is -1.16. The Morgan fingerprint density at radius 2 is 1.83 bits per heavy atom. The lowest BCUT2D eigenvalue weighted by Crippen LogP contribution is -2.62. The van der Waals surface area contributed by atoms with E-state index in [0.29, 0.717) is 12.8 Å². The molecule has 0 aliphatic rings. The van der Waals surface area contributed by atoms with Crippen molar-refractivity contribution in [3.63, 3.8) is 0 Å². The molecular formula is C19H29N2O3. The van der Waals surface area contributed by atoms with E-state index in [1.54, 1.807) is 27.1 Å². The van der Waals surface area contributed by atoms with Gasteiger partial charge in [-0.1, -0.05) is 44.2 Å². The molecule has 0 aliphatic carbocycles. The van der Waals surface area contributed by atoms with Crippen molar-refractivity contribution in [3.8, 4) is 0 Å². The molecule has 0 fully saturated rings. The molecule has 24 heavy (non-hydrogen) atoms. The lowest BCUT2D eigenvalue weighted by Gasteiger charge is -2.34. The van der Waals surface area contributed by atoms with Crippen molar-refractivity contribution in [2.75, 3.05) is 0 Å². The SMILES string of the molecule is CC(C)C(N)C(=O)C(N)([C]=O)C(CCc1ccccc1)C[C@@H](C)O. The van der Waals surface area contributed by atoms with Crippen molar-refractivity contribution >= 4 is 12.1 Å². The van der Waals surface area contributed by atoms with Crippen LogP contribution in [0, 0.1) is 11.8 Å². The van der Waals surface area contributed by atoms with Crippen molar-refractivity contribution in [1.29, 1.82) is 0 Å². The van der Waals surface area contributed by atoms with Crippen LogP contribution in [0.5, 0.6) is 0 Å². The molecule has 0 aliphatic heterocycles. The first kappa shape index (κ1) is 20.5. The fourth-order valence-electron chi connectivity index (χ4n) is 2.84. The van der Waals surface area contributed by atoms with Crippen LogP contribution in [0.15, 0.2) is 30.3 Å². The zero-order valence-electron chi connectivity index (χ0n) is 14.7. The fourth-order valence-corrected chi connectivity index (χ4v) is 2.84. The van der Waals surface area contributed by atoms with Crippen molar-refractivity contribution in [3.05, 3.63) is 35.9 Å². The first-order valence-electron chi connectivity index (χ1n) is 8.42. The Morgan fingerprint density at radius 1 is 1.25 bits per heavy atom. The van der Waals surface area contributed by atoms with Crippen molar-refractivity contribution in [2.45, 2.75) is 57.7 Å². The number of aliphatic hydroxyl groups excluding tert-OH is 1. The van der Waals surface area contributed by atoms with Gasteiger partial charge < -0.3 is 16.6 Å². The van der Waals surface area contributed by atoms with Crippen LogP contribution in [0.25, 0.3) is 0 Å². The second kappa shape index (κ2) is 9.06. The number of hydrogen-bond acceptors (Lipinski definition) is 5. The van der Waals surface area contributed by atoms with Crippen LogP contribution in [-0.2, 0) is 16.0 Å². The van der Waals surface area contributed by atoms with Gasteiger partial charge in [-0.15, -0.1) is 0 Å². The number of aliphatic hydroxyl groups is 1. The van der Waals surface area contributed by atoms with Gasteiger partial charge in [0.2, 0.25) is 6.29 Å². The third kappa shape index (κ3) is 5.23. The molecule has 1 aromatic rings. The van der Waals surface area contributed by atoms with E-state index in [1.165, 1.54) is 0 Å². The van der Waals surface area contributed by atoms with Gasteiger partial charge in [0.1, 0.15) is 5.54 Å². The zero-order valence-corrected chi connectivity index (χ0v) is 14.7. The number of Topliss-reactive ketones (excluding diaryl/α,β-unsaturated/α-hetero) is 1. The standard InChI is InChI=1S/C19H29N2O3/c1-13(2)17(20)18(24)19(21,12-22)16(11-14(3)23)10-9-15-7-5-4-6-8-15/h4-8,13-14,16-17,23H,9-11,20-21H2,1-3H3/t14-,16?,17?,19?/m1/s1. The Kier molecular flexibility index (Phi) is 7.73. The summed E-state index contributed by atoms with van der Waals surface area (Å²) in [7, 11) is 0. The molecule has 0 amide bonds. The molecule has 1 radical (unpaired) electrons. The number of nitrogens with two attached hydrogens (primary N) is 2. The highest BCUT2D eigenvalue weighted by Gasteiger charge is 2.45. The molecule has 1 rings (SSSR count). The van der Waals surface area contributed by atoms with Crippen molar-refractivity contribution in [1.82, 2.24) is 0 Å². The molecule has 4 atom stereocenters. The molecule has 133 valence electrons. The summed E-state index contributed by atoms with van der Waals surface area (Å²) in [5.41, 5.74) is 11.4. The van der Waals surface area contributed by atoms with Crippen molar-refractivity contribution < 1.29 is 14.7 Å². The van der Waals surface area contributed by atoms with Gasteiger partial charge in [-0.05, 0) is 43.6 Å². The number of aryl methyl sites for hydroxylation is 1. The normalized spacial score (nSPS) is 17.8. The molecule has 0 saturated carbocycles. The van der Waals surface area contributed by atoms with E-state index in [2.05, 4.69) is 0 Å². The molecule has 0 aromatic heterocycles. The maximum atomic E-state index is 12.7. The van der Waals surface area contributed by atoms with E-state index in [4.69, 9.17) is 11.5 Å². The number of carbonyl (C=O) groups excluding carboxylic acids is 2. The average Bonchev–Trinajstić information content (AvgIpc) is 2.56. The molecule has 0 saturated heterocycles. The highest BCUT2D eigenvalue weighted by Crippen LogP contribution is 2.27. The van der Waals surface area contributed by atoms with Gasteiger partial charge in [0.05, 0.1) is 12.1 Å². The predicted molar refractivity (Wildman–Crippen MR) is 95.0 cm³/mol. The van der Waals surface area contributed by atoms with Gasteiger partial charge in [0.25, 0.3) is 0 Å². The topological polar surface area (TPSA) is 106 Å². The van der Waals surface area contributed by atoms with Crippen LogP contribution < -0.4 is 11.5 Å². The third-order valence-corrected chi connectivity index (χ3v) is 4.49. The van der Waals surface area contributed by atoms with E-state index < -0.39 is 29.4 Å². The fraction of sp³-hybridized carbons (Fsp3) is 0.579. The highest BCUT2D eigenvalue weighted by atomic mass is 16.3. The summed E-state index contributed by atoms with van der Waals surface area (Å²) in [4.78, 5) is 24.3. The van der Waals surface area contributed by atoms with E-state index in [9.17, 15) is 14.7 Å². The minimum atomic E-state index is -1.80. The van der Waals surface area contributed by atoms with E-state index in [-0.39, 0.29) is 12.3 Å². The Morgan fingerprint density at radius 3 is 2.29 bits per heavy atom. The molecule has 5 nitrogen and oxygen atoms in total. The third-order valence-electron chi connectivity index (χ3n) is 4.49. The quantitative estimate of drug-likeness (QED) is 0.561. The molecule has 0 bridgehead atoms. The maximum absolute atomic E-state index is 12.7. The summed E-state index contributed by atoms with van der Waals surface area (Å²) < 4.78 is 0. The average molecular weight is 333 g/mol. The second-order valence-electron chi connectivity index (χ2n) is 6.91. The molecule has 0 spiro atoms. The van der Waals surface area contributed by atoms with Crippen molar-refractivity contribution in [2.24, 2.45) is 23.3 Å². The molecular weight excluding hydrogens is 304 g/mol. The monoisotopic (exact) mass is 333 g/mol. The Balaban J connectivity index is 3.01. The minimum absolute atomic E-state index is 0.130.